The zero-order chi connectivity index (χ0) is 59.2. The highest BCUT2D eigenvalue weighted by molar-refractivity contribution is 5.71. The van der Waals surface area contributed by atoms with E-state index in [0.717, 1.165) is 173 Å². The Morgan fingerprint density at radius 3 is 0.744 bits per heavy atom. The number of hydrogen-bond acceptors (Lipinski definition) is 6. The fraction of sp³-hybridized carbons (Fsp3) is 0.592. The summed E-state index contributed by atoms with van der Waals surface area (Å²) in [5.74, 6) is -0.934. The topological polar surface area (TPSA) is 78.9 Å². The number of hydrogen-bond donors (Lipinski definition) is 0. The number of rotatable bonds is 58. The van der Waals surface area contributed by atoms with Crippen LogP contribution in [0.2, 0.25) is 0 Å². The molecular weight excluding hydrogens is 1010 g/mol. The van der Waals surface area contributed by atoms with Gasteiger partial charge < -0.3 is 14.2 Å². The van der Waals surface area contributed by atoms with Crippen LogP contribution in [0.3, 0.4) is 0 Å². The number of esters is 3. The van der Waals surface area contributed by atoms with E-state index in [-0.39, 0.29) is 31.1 Å². The third-order valence-electron chi connectivity index (χ3n) is 13.5. The summed E-state index contributed by atoms with van der Waals surface area (Å²) in [6, 6.07) is 0. The van der Waals surface area contributed by atoms with Crippen molar-refractivity contribution in [2.24, 2.45) is 0 Å². The van der Waals surface area contributed by atoms with E-state index in [1.165, 1.54) is 57.8 Å². The summed E-state index contributed by atoms with van der Waals surface area (Å²) in [5.41, 5.74) is 0. The van der Waals surface area contributed by atoms with Crippen molar-refractivity contribution in [1.82, 2.24) is 0 Å². The molecule has 6 nitrogen and oxygen atoms in total. The lowest BCUT2D eigenvalue weighted by Crippen LogP contribution is -2.30. The first-order valence-corrected chi connectivity index (χ1v) is 33.1. The van der Waals surface area contributed by atoms with Gasteiger partial charge in [-0.05, 0) is 135 Å². The van der Waals surface area contributed by atoms with Crippen molar-refractivity contribution in [3.8, 4) is 0 Å². The second-order valence-corrected chi connectivity index (χ2v) is 21.3. The zero-order valence-corrected chi connectivity index (χ0v) is 52.7. The molecule has 0 heterocycles. The Balaban J connectivity index is 4.24. The first-order valence-electron chi connectivity index (χ1n) is 33.1. The molecule has 0 aromatic carbocycles. The van der Waals surface area contributed by atoms with Crippen LogP contribution in [0.1, 0.15) is 271 Å². The van der Waals surface area contributed by atoms with Crippen LogP contribution in [0.25, 0.3) is 0 Å². The third-order valence-corrected chi connectivity index (χ3v) is 13.5. The Kier molecular flexibility index (Phi) is 63.9. The predicted octanol–water partition coefficient (Wildman–Crippen LogP) is 23.0. The van der Waals surface area contributed by atoms with Crippen LogP contribution in [0, 0.1) is 0 Å². The summed E-state index contributed by atoms with van der Waals surface area (Å²) in [6.45, 7) is 6.35. The Hall–Kier alpha value is -5.23. The van der Waals surface area contributed by atoms with E-state index in [1.54, 1.807) is 0 Å². The molecule has 0 radical (unpaired) electrons. The summed E-state index contributed by atoms with van der Waals surface area (Å²) < 4.78 is 16.8. The van der Waals surface area contributed by atoms with Gasteiger partial charge in [0.1, 0.15) is 13.2 Å². The van der Waals surface area contributed by atoms with Gasteiger partial charge in [0.2, 0.25) is 0 Å². The number of carbonyl (C=O) groups excluding carboxylic acids is 3. The van der Waals surface area contributed by atoms with Crippen LogP contribution < -0.4 is 0 Å². The van der Waals surface area contributed by atoms with E-state index in [0.29, 0.717) is 19.3 Å². The highest BCUT2D eigenvalue weighted by Gasteiger charge is 2.19. The standard InChI is InChI=1S/C76H120O6/c1-4-7-10-13-16-19-21-23-25-27-29-31-32-33-34-35-36-37-38-39-40-41-42-43-44-46-47-49-51-53-55-57-60-63-66-69-75(78)81-72-73(71-80-74(77)68-65-62-59-18-15-12-9-6-3)82-76(79)70-67-64-61-58-56-54-52-50-48-45-30-28-26-24-22-20-17-14-11-8-5-2/h7-8,10-11,16-17,19-20,23-26,29-31,33-34,36-37,39-40,42-43,45-47,50,52,73H,4-6,9,12-15,18,21-22,27-28,32,35,38,41,44,48-49,51,53-72H2,1-3H3/b10-7-,11-8-,19-16-,20-17-,25-23-,26-24-,31-29-,34-33-,37-36-,40-39-,43-42-,45-30-,47-46-,52-50-. The Morgan fingerprint density at radius 2 is 0.476 bits per heavy atom. The molecule has 0 amide bonds. The lowest BCUT2D eigenvalue weighted by Gasteiger charge is -2.18. The van der Waals surface area contributed by atoms with E-state index >= 15 is 0 Å². The fourth-order valence-corrected chi connectivity index (χ4v) is 8.58. The molecule has 0 bridgehead atoms. The lowest BCUT2D eigenvalue weighted by molar-refractivity contribution is -0.167. The van der Waals surface area contributed by atoms with Gasteiger partial charge in [-0.1, -0.05) is 287 Å². The van der Waals surface area contributed by atoms with Crippen molar-refractivity contribution in [2.45, 2.75) is 277 Å². The average Bonchev–Trinajstić information content (AvgIpc) is 3.47. The van der Waals surface area contributed by atoms with Gasteiger partial charge in [0, 0.05) is 19.3 Å². The van der Waals surface area contributed by atoms with Gasteiger partial charge >= 0.3 is 17.9 Å². The molecule has 460 valence electrons. The van der Waals surface area contributed by atoms with Crippen molar-refractivity contribution in [3.63, 3.8) is 0 Å². The van der Waals surface area contributed by atoms with E-state index in [1.807, 2.05) is 0 Å². The molecule has 1 unspecified atom stereocenters. The molecule has 0 aromatic rings. The van der Waals surface area contributed by atoms with Crippen LogP contribution in [-0.4, -0.2) is 37.2 Å². The monoisotopic (exact) mass is 1130 g/mol. The van der Waals surface area contributed by atoms with Crippen molar-refractivity contribution < 1.29 is 28.6 Å². The fourth-order valence-electron chi connectivity index (χ4n) is 8.58. The first-order chi connectivity index (χ1) is 40.5. The van der Waals surface area contributed by atoms with Crippen molar-refractivity contribution in [1.29, 1.82) is 0 Å². The highest BCUT2D eigenvalue weighted by atomic mass is 16.6. The maximum absolute atomic E-state index is 12.9. The van der Waals surface area contributed by atoms with Crippen LogP contribution in [0.15, 0.2) is 170 Å². The Labute approximate surface area is 504 Å². The molecule has 0 saturated carbocycles. The molecule has 82 heavy (non-hydrogen) atoms. The quantitative estimate of drug-likeness (QED) is 0.0261. The second kappa shape index (κ2) is 68.3. The Bertz CT molecular complexity index is 1870. The number of carbonyl (C=O) groups is 3. The molecule has 0 fully saturated rings. The van der Waals surface area contributed by atoms with Crippen LogP contribution in [-0.2, 0) is 28.6 Å². The second-order valence-electron chi connectivity index (χ2n) is 21.3. The van der Waals surface area contributed by atoms with Gasteiger partial charge in [-0.25, -0.2) is 0 Å². The molecule has 0 rings (SSSR count). The number of allylic oxidation sites excluding steroid dienone is 28. The highest BCUT2D eigenvalue weighted by Crippen LogP contribution is 2.14. The van der Waals surface area contributed by atoms with Gasteiger partial charge in [-0.2, -0.15) is 0 Å². The molecule has 0 saturated heterocycles. The zero-order valence-electron chi connectivity index (χ0n) is 52.7. The summed E-state index contributed by atoms with van der Waals surface area (Å²) in [5, 5.41) is 0. The first kappa shape index (κ1) is 76.8. The molecule has 0 aliphatic carbocycles. The molecule has 0 aliphatic heterocycles. The van der Waals surface area contributed by atoms with E-state index in [2.05, 4.69) is 191 Å². The summed E-state index contributed by atoms with van der Waals surface area (Å²) in [6.07, 6.45) is 101. The predicted molar refractivity (Wildman–Crippen MR) is 357 cm³/mol. The van der Waals surface area contributed by atoms with Crippen molar-refractivity contribution in [2.75, 3.05) is 13.2 Å². The smallest absolute Gasteiger partial charge is 0.306 e. The minimum Gasteiger partial charge on any atom is -0.462 e. The third kappa shape index (κ3) is 65.6. The van der Waals surface area contributed by atoms with Crippen LogP contribution >= 0.6 is 0 Å². The van der Waals surface area contributed by atoms with Crippen LogP contribution in [0.5, 0.6) is 0 Å². The van der Waals surface area contributed by atoms with Crippen LogP contribution in [0.4, 0.5) is 0 Å². The Morgan fingerprint density at radius 1 is 0.256 bits per heavy atom. The molecule has 6 heteroatoms. The lowest BCUT2D eigenvalue weighted by atomic mass is 10.1. The largest absolute Gasteiger partial charge is 0.462 e. The molecule has 0 aliphatic rings. The van der Waals surface area contributed by atoms with Gasteiger partial charge in [-0.3, -0.25) is 14.4 Å². The molecule has 1 atom stereocenters. The van der Waals surface area contributed by atoms with Crippen molar-refractivity contribution in [3.05, 3.63) is 170 Å². The average molecular weight is 1130 g/mol. The van der Waals surface area contributed by atoms with Gasteiger partial charge in [0.05, 0.1) is 0 Å². The molecule has 0 aromatic heterocycles. The summed E-state index contributed by atoms with van der Waals surface area (Å²) >= 11 is 0. The van der Waals surface area contributed by atoms with Gasteiger partial charge in [0.25, 0.3) is 0 Å². The van der Waals surface area contributed by atoms with E-state index in [9.17, 15) is 14.4 Å². The minimum absolute atomic E-state index is 0.0946. The van der Waals surface area contributed by atoms with E-state index < -0.39 is 6.10 Å². The van der Waals surface area contributed by atoms with Gasteiger partial charge in [-0.15, -0.1) is 0 Å². The number of unbranched alkanes of at least 4 members (excludes halogenated alkanes) is 19. The number of ether oxygens (including phenoxy) is 3. The van der Waals surface area contributed by atoms with Gasteiger partial charge in [0.15, 0.2) is 6.10 Å². The normalized spacial score (nSPS) is 13.3. The maximum Gasteiger partial charge on any atom is 0.306 e. The molecular formula is C76H120O6. The summed E-state index contributed by atoms with van der Waals surface area (Å²) in [4.78, 5) is 38.2. The molecule has 0 N–H and O–H groups in total. The SMILES string of the molecule is CC/C=C\C/C=C\C/C=C\C/C=C\C/C=C\C/C=C\C/C=C\C/C=C\C/C=C\CCCCCCCCCC(=O)OCC(COC(=O)CCCCCCCCCC)OC(=O)CCCCCCC/C=C\C/C=C\C/C=C\C/C=C\C/C=C\CC. The van der Waals surface area contributed by atoms with Crippen molar-refractivity contribution >= 4 is 17.9 Å². The summed E-state index contributed by atoms with van der Waals surface area (Å²) in [7, 11) is 0. The maximum atomic E-state index is 12.9. The molecule has 0 spiro atoms. The van der Waals surface area contributed by atoms with E-state index in [4.69, 9.17) is 14.2 Å². The minimum atomic E-state index is -0.799.